The Morgan fingerprint density at radius 3 is 2.45 bits per heavy atom. The van der Waals surface area contributed by atoms with Crippen molar-refractivity contribution in [3.05, 3.63) is 60.1 Å². The van der Waals surface area contributed by atoms with Gasteiger partial charge in [0.15, 0.2) is 0 Å². The lowest BCUT2D eigenvalue weighted by atomic mass is 10.1. The van der Waals surface area contributed by atoms with Crippen LogP contribution in [-0.2, 0) is 4.89 Å². The van der Waals surface area contributed by atoms with Crippen molar-refractivity contribution in [1.29, 1.82) is 0 Å². The van der Waals surface area contributed by atoms with Gasteiger partial charge in [-0.1, -0.05) is 44.2 Å². The van der Waals surface area contributed by atoms with Crippen molar-refractivity contribution in [3.8, 4) is 0 Å². The van der Waals surface area contributed by atoms with Crippen molar-refractivity contribution >= 4 is 17.3 Å². The van der Waals surface area contributed by atoms with Gasteiger partial charge in [-0.05, 0) is 24.3 Å². The fourth-order valence-electron chi connectivity index (χ4n) is 1.72. The first-order valence-corrected chi connectivity index (χ1v) is 6.38. The first-order valence-electron chi connectivity index (χ1n) is 6.88. The highest BCUT2D eigenvalue weighted by Crippen LogP contribution is 2.26. The molecule has 4 heteroatoms. The predicted octanol–water partition coefficient (Wildman–Crippen LogP) is 4.11. The van der Waals surface area contributed by atoms with Crippen molar-refractivity contribution < 1.29 is 16.3 Å². The molecule has 4 nitrogen and oxygen atoms in total. The lowest BCUT2D eigenvalue weighted by Gasteiger charge is -2.21. The van der Waals surface area contributed by atoms with E-state index >= 15 is 0 Å². The third-order valence-electron chi connectivity index (χ3n) is 2.65. The molecule has 0 saturated heterocycles. The Kier molecular flexibility index (Phi) is 5.61. The van der Waals surface area contributed by atoms with E-state index in [4.69, 9.17) is 6.63 Å². The molecule has 0 bridgehead atoms. The molecule has 2 aromatic rings. The number of hydrogen-bond acceptors (Lipinski definition) is 4. The van der Waals surface area contributed by atoms with Crippen LogP contribution < -0.4 is 4.90 Å². The van der Waals surface area contributed by atoms with E-state index in [0.717, 1.165) is 5.69 Å². The zero-order valence-electron chi connectivity index (χ0n) is 12.8. The maximum Gasteiger partial charge on any atom is 0.374 e. The van der Waals surface area contributed by atoms with Crippen LogP contribution in [0, 0.1) is 0 Å². The molecule has 20 heavy (non-hydrogen) atoms. The van der Waals surface area contributed by atoms with Crippen molar-refractivity contribution in [1.82, 2.24) is 0 Å². The molecular weight excluding hydrogens is 254 g/mol. The molecule has 0 saturated carbocycles. The van der Waals surface area contributed by atoms with Crippen LogP contribution in [0.25, 0.3) is 0 Å². The van der Waals surface area contributed by atoms with Crippen LogP contribution in [0.3, 0.4) is 0 Å². The fourth-order valence-corrected chi connectivity index (χ4v) is 1.72. The van der Waals surface area contributed by atoms with Gasteiger partial charge in [-0.3, -0.25) is 4.89 Å². The van der Waals surface area contributed by atoms with Crippen LogP contribution in [0.2, 0.25) is 0 Å². The van der Waals surface area contributed by atoms with Crippen LogP contribution in [0.15, 0.2) is 54.6 Å². The molecule has 0 atom stereocenters. The number of anilines is 2. The first-order chi connectivity index (χ1) is 10.1. The Morgan fingerprint density at radius 1 is 1.15 bits per heavy atom. The SMILES string of the molecule is CC.[2H]c1cccc(N(C)c2ccccc2C(=O)OO)c1. The second-order valence-electron chi connectivity index (χ2n) is 3.72. The summed E-state index contributed by atoms with van der Waals surface area (Å²) < 4.78 is 7.61. The van der Waals surface area contributed by atoms with Gasteiger partial charge >= 0.3 is 5.97 Å². The highest BCUT2D eigenvalue weighted by Gasteiger charge is 2.15. The average molecular weight is 274 g/mol. The highest BCUT2D eigenvalue weighted by molar-refractivity contribution is 5.96. The molecular formula is C16H19NO3. The Labute approximate surface area is 120 Å². The molecule has 0 unspecified atom stereocenters. The van der Waals surface area contributed by atoms with Gasteiger partial charge in [-0.2, -0.15) is 5.26 Å². The number of carbonyl (C=O) groups is 1. The van der Waals surface area contributed by atoms with Gasteiger partial charge in [0.25, 0.3) is 0 Å². The summed E-state index contributed by atoms with van der Waals surface area (Å²) in [6, 6.07) is 14.1. The summed E-state index contributed by atoms with van der Waals surface area (Å²) in [4.78, 5) is 17.0. The summed E-state index contributed by atoms with van der Waals surface area (Å²) >= 11 is 0. The van der Waals surface area contributed by atoms with Crippen LogP contribution in [0.4, 0.5) is 11.4 Å². The standard InChI is InChI=1S/C14H13NO3.C2H6/c1-15(11-7-3-2-4-8-11)13-10-6-5-9-12(13)14(16)18-17;1-2/h2-10,17H,1H3;1-2H3/i3D;. The van der Waals surface area contributed by atoms with E-state index in [9.17, 15) is 4.79 Å². The molecule has 1 N–H and O–H groups in total. The smallest absolute Gasteiger partial charge is 0.344 e. The minimum atomic E-state index is -0.815. The number of carbonyl (C=O) groups excluding carboxylic acids is 1. The van der Waals surface area contributed by atoms with Gasteiger partial charge < -0.3 is 4.90 Å². The molecule has 0 aliphatic carbocycles. The lowest BCUT2D eigenvalue weighted by molar-refractivity contribution is -0.182. The molecule has 0 heterocycles. The second-order valence-corrected chi connectivity index (χ2v) is 3.72. The number of nitrogens with zero attached hydrogens (tertiary/aromatic N) is 1. The molecule has 2 rings (SSSR count). The third kappa shape index (κ3) is 3.59. The van der Waals surface area contributed by atoms with Gasteiger partial charge in [0.2, 0.25) is 0 Å². The van der Waals surface area contributed by atoms with Gasteiger partial charge in [-0.15, -0.1) is 0 Å². The molecule has 2 aromatic carbocycles. The normalized spacial score (nSPS) is 9.90. The van der Waals surface area contributed by atoms with Crippen molar-refractivity contribution in [3.63, 3.8) is 0 Å². The van der Waals surface area contributed by atoms with E-state index in [-0.39, 0.29) is 5.56 Å². The van der Waals surface area contributed by atoms with E-state index in [1.54, 1.807) is 54.4 Å². The lowest BCUT2D eigenvalue weighted by Crippen LogP contribution is -2.14. The van der Waals surface area contributed by atoms with Crippen molar-refractivity contribution in [2.45, 2.75) is 13.8 Å². The van der Waals surface area contributed by atoms with Crippen LogP contribution in [-0.4, -0.2) is 18.3 Å². The van der Waals surface area contributed by atoms with Crippen molar-refractivity contribution in [2.75, 3.05) is 11.9 Å². The monoisotopic (exact) mass is 274 g/mol. The highest BCUT2D eigenvalue weighted by atomic mass is 17.1. The Bertz CT molecular complexity index is 602. The molecule has 0 radical (unpaired) electrons. The third-order valence-corrected chi connectivity index (χ3v) is 2.65. The summed E-state index contributed by atoms with van der Waals surface area (Å²) in [5, 5.41) is 8.51. The quantitative estimate of drug-likeness (QED) is 0.676. The number of rotatable bonds is 3. The zero-order valence-corrected chi connectivity index (χ0v) is 11.8. The van der Waals surface area contributed by atoms with Gasteiger partial charge in [0, 0.05) is 12.7 Å². The zero-order chi connectivity index (χ0) is 15.8. The van der Waals surface area contributed by atoms with E-state index in [1.165, 1.54) is 0 Å². The van der Waals surface area contributed by atoms with Gasteiger partial charge in [0.05, 0.1) is 12.6 Å². The fraction of sp³-hybridized carbons (Fsp3) is 0.188. The van der Waals surface area contributed by atoms with Gasteiger partial charge in [-0.25, -0.2) is 4.79 Å². The van der Waals surface area contributed by atoms with E-state index in [0.29, 0.717) is 11.7 Å². The van der Waals surface area contributed by atoms with E-state index < -0.39 is 5.97 Å². The summed E-state index contributed by atoms with van der Waals surface area (Å²) in [7, 11) is 1.78. The minimum Gasteiger partial charge on any atom is -0.344 e. The summed E-state index contributed by atoms with van der Waals surface area (Å²) in [5.74, 6) is -0.815. The molecule has 0 spiro atoms. The minimum absolute atomic E-state index is 0.253. The maximum atomic E-state index is 11.5. The van der Waals surface area contributed by atoms with Gasteiger partial charge in [0.1, 0.15) is 0 Å². The molecule has 0 aliphatic rings. The average Bonchev–Trinajstić information content (AvgIpc) is 2.55. The van der Waals surface area contributed by atoms with E-state index in [1.807, 2.05) is 19.9 Å². The van der Waals surface area contributed by atoms with Crippen LogP contribution >= 0.6 is 0 Å². The van der Waals surface area contributed by atoms with E-state index in [2.05, 4.69) is 4.89 Å². The van der Waals surface area contributed by atoms with Crippen LogP contribution in [0.1, 0.15) is 25.6 Å². The molecule has 0 amide bonds. The molecule has 0 aliphatic heterocycles. The Balaban J connectivity index is 0.00000106. The molecule has 0 fully saturated rings. The maximum absolute atomic E-state index is 11.5. The Morgan fingerprint density at radius 2 is 1.80 bits per heavy atom. The first kappa shape index (κ1) is 14.1. The molecule has 0 aromatic heterocycles. The topological polar surface area (TPSA) is 49.8 Å². The van der Waals surface area contributed by atoms with Crippen LogP contribution in [0.5, 0.6) is 0 Å². The largest absolute Gasteiger partial charge is 0.374 e. The number of benzene rings is 2. The second kappa shape index (κ2) is 7.96. The summed E-state index contributed by atoms with van der Waals surface area (Å²) in [5.41, 5.74) is 1.61. The van der Waals surface area contributed by atoms with Crippen molar-refractivity contribution in [2.24, 2.45) is 0 Å². The predicted molar refractivity (Wildman–Crippen MR) is 80.3 cm³/mol. The summed E-state index contributed by atoms with van der Waals surface area (Å²) in [6.07, 6.45) is 0. The summed E-state index contributed by atoms with van der Waals surface area (Å²) in [6.45, 7) is 4.00. The Hall–Kier alpha value is -2.33. The number of para-hydroxylation sites is 2. The molecule has 106 valence electrons. The number of hydrogen-bond donors (Lipinski definition) is 1.